The topological polar surface area (TPSA) is 128 Å². The first-order valence-corrected chi connectivity index (χ1v) is 8.68. The van der Waals surface area contributed by atoms with E-state index < -0.39 is 12.2 Å². The lowest BCUT2D eigenvalue weighted by Gasteiger charge is -2.10. The summed E-state index contributed by atoms with van der Waals surface area (Å²) in [6, 6.07) is 19.2. The SMILES string of the molecule is O[C@H](c1nnn(Cc2ccccc2)n1)[C@H](O)c1nnn(Cc2ccccc2)n1. The molecule has 0 spiro atoms. The van der Waals surface area contributed by atoms with Crippen LogP contribution in [-0.4, -0.2) is 50.6 Å². The third-order valence-corrected chi connectivity index (χ3v) is 4.10. The van der Waals surface area contributed by atoms with Crippen molar-refractivity contribution in [2.45, 2.75) is 25.3 Å². The summed E-state index contributed by atoms with van der Waals surface area (Å²) in [6.07, 6.45) is -2.84. The molecule has 0 saturated carbocycles. The smallest absolute Gasteiger partial charge is 0.206 e. The van der Waals surface area contributed by atoms with Crippen LogP contribution < -0.4 is 0 Å². The van der Waals surface area contributed by atoms with Crippen molar-refractivity contribution in [2.24, 2.45) is 0 Å². The molecule has 2 N–H and O–H groups in total. The first kappa shape index (κ1) is 17.9. The van der Waals surface area contributed by atoms with Crippen LogP contribution in [0.2, 0.25) is 0 Å². The molecule has 10 heteroatoms. The van der Waals surface area contributed by atoms with E-state index in [9.17, 15) is 10.2 Å². The van der Waals surface area contributed by atoms with E-state index in [0.717, 1.165) is 11.1 Å². The Labute approximate surface area is 160 Å². The van der Waals surface area contributed by atoms with Gasteiger partial charge in [-0.15, -0.1) is 20.4 Å². The van der Waals surface area contributed by atoms with Crippen LogP contribution in [0.25, 0.3) is 0 Å². The fourth-order valence-corrected chi connectivity index (χ4v) is 2.66. The van der Waals surface area contributed by atoms with Gasteiger partial charge >= 0.3 is 0 Å². The van der Waals surface area contributed by atoms with Crippen LogP contribution in [0.5, 0.6) is 0 Å². The molecule has 2 aromatic heterocycles. The van der Waals surface area contributed by atoms with E-state index in [0.29, 0.717) is 13.1 Å². The van der Waals surface area contributed by atoms with Gasteiger partial charge in [-0.2, -0.15) is 9.59 Å². The molecule has 0 radical (unpaired) electrons. The minimum atomic E-state index is -1.42. The van der Waals surface area contributed by atoms with Gasteiger partial charge in [0.25, 0.3) is 0 Å². The zero-order valence-corrected chi connectivity index (χ0v) is 14.8. The van der Waals surface area contributed by atoms with Gasteiger partial charge in [0.05, 0.1) is 13.1 Å². The summed E-state index contributed by atoms with van der Waals surface area (Å²) in [5, 5.41) is 44.5. The second-order valence-electron chi connectivity index (χ2n) is 6.22. The highest BCUT2D eigenvalue weighted by molar-refractivity contribution is 5.15. The maximum Gasteiger partial charge on any atom is 0.206 e. The number of aliphatic hydroxyl groups is 2. The molecule has 142 valence electrons. The molecular formula is C18H18N8O2. The van der Waals surface area contributed by atoms with Crippen molar-refractivity contribution in [2.75, 3.05) is 0 Å². The highest BCUT2D eigenvalue weighted by Crippen LogP contribution is 2.23. The van der Waals surface area contributed by atoms with Crippen LogP contribution in [-0.2, 0) is 13.1 Å². The normalized spacial score (nSPS) is 13.4. The monoisotopic (exact) mass is 378 g/mol. The molecule has 0 fully saturated rings. The second kappa shape index (κ2) is 8.03. The fraction of sp³-hybridized carbons (Fsp3) is 0.222. The molecule has 0 unspecified atom stereocenters. The van der Waals surface area contributed by atoms with Gasteiger partial charge in [-0.05, 0) is 21.6 Å². The van der Waals surface area contributed by atoms with Crippen molar-refractivity contribution in [3.8, 4) is 0 Å². The number of rotatable bonds is 7. The van der Waals surface area contributed by atoms with Gasteiger partial charge in [-0.25, -0.2) is 0 Å². The number of tetrazole rings is 2. The van der Waals surface area contributed by atoms with Crippen molar-refractivity contribution in [1.29, 1.82) is 0 Å². The zero-order valence-electron chi connectivity index (χ0n) is 14.8. The average molecular weight is 378 g/mol. The summed E-state index contributed by atoms with van der Waals surface area (Å²) in [6.45, 7) is 0.810. The van der Waals surface area contributed by atoms with Crippen LogP contribution in [0, 0.1) is 0 Å². The highest BCUT2D eigenvalue weighted by Gasteiger charge is 2.28. The molecule has 4 rings (SSSR count). The Hall–Kier alpha value is -3.50. The summed E-state index contributed by atoms with van der Waals surface area (Å²) in [5.41, 5.74) is 1.99. The lowest BCUT2D eigenvalue weighted by atomic mass is 10.2. The Kier molecular flexibility index (Phi) is 5.13. The third kappa shape index (κ3) is 4.08. The summed E-state index contributed by atoms with van der Waals surface area (Å²) in [5.74, 6) is -0.0225. The van der Waals surface area contributed by atoms with Gasteiger partial charge in [0.1, 0.15) is 0 Å². The van der Waals surface area contributed by atoms with E-state index in [1.165, 1.54) is 9.59 Å². The number of nitrogens with zero attached hydrogens (tertiary/aromatic N) is 8. The molecule has 10 nitrogen and oxygen atoms in total. The Balaban J connectivity index is 1.43. The Morgan fingerprint density at radius 2 is 1.04 bits per heavy atom. The average Bonchev–Trinajstić information content (AvgIpc) is 3.38. The van der Waals surface area contributed by atoms with Gasteiger partial charge in [-0.1, -0.05) is 60.7 Å². The molecule has 0 saturated heterocycles. The molecule has 4 aromatic rings. The highest BCUT2D eigenvalue weighted by atomic mass is 16.3. The maximum atomic E-state index is 10.4. The summed E-state index contributed by atoms with van der Waals surface area (Å²) < 4.78 is 0. The molecule has 0 aliphatic heterocycles. The molecule has 2 heterocycles. The summed E-state index contributed by atoms with van der Waals surface area (Å²) >= 11 is 0. The molecule has 0 aliphatic rings. The van der Waals surface area contributed by atoms with Gasteiger partial charge in [0.2, 0.25) is 11.6 Å². The Morgan fingerprint density at radius 1 is 0.643 bits per heavy atom. The Bertz CT molecular complexity index is 935. The molecule has 0 aliphatic carbocycles. The largest absolute Gasteiger partial charge is 0.382 e. The molecule has 0 bridgehead atoms. The van der Waals surface area contributed by atoms with E-state index in [2.05, 4.69) is 30.8 Å². The van der Waals surface area contributed by atoms with Crippen LogP contribution in [0.15, 0.2) is 60.7 Å². The fourth-order valence-electron chi connectivity index (χ4n) is 2.66. The standard InChI is InChI=1S/C18H18N8O2/c27-15(17-19-23-25(21-17)11-13-7-3-1-4-8-13)16(28)18-20-24-26(22-18)12-14-9-5-2-6-10-14/h1-10,15-16,27-28H,11-12H2/t15-,16-/m0/s1. The van der Waals surface area contributed by atoms with Crippen molar-refractivity contribution in [3.63, 3.8) is 0 Å². The van der Waals surface area contributed by atoms with Crippen LogP contribution in [0.1, 0.15) is 35.0 Å². The van der Waals surface area contributed by atoms with Crippen molar-refractivity contribution in [3.05, 3.63) is 83.4 Å². The van der Waals surface area contributed by atoms with Gasteiger partial charge in [-0.3, -0.25) is 0 Å². The molecular weight excluding hydrogens is 360 g/mol. The van der Waals surface area contributed by atoms with Crippen LogP contribution >= 0.6 is 0 Å². The lowest BCUT2D eigenvalue weighted by molar-refractivity contribution is 0.00609. The molecule has 28 heavy (non-hydrogen) atoms. The number of hydrogen-bond acceptors (Lipinski definition) is 8. The third-order valence-electron chi connectivity index (χ3n) is 4.10. The van der Waals surface area contributed by atoms with E-state index in [1.54, 1.807) is 0 Å². The zero-order chi connectivity index (χ0) is 19.3. The quantitative estimate of drug-likeness (QED) is 0.476. The predicted octanol–water partition coefficient (Wildman–Crippen LogP) is 0.523. The van der Waals surface area contributed by atoms with Gasteiger partial charge in [0, 0.05) is 0 Å². The van der Waals surface area contributed by atoms with E-state index >= 15 is 0 Å². The first-order chi connectivity index (χ1) is 13.7. The van der Waals surface area contributed by atoms with E-state index in [4.69, 9.17) is 0 Å². The number of aromatic nitrogens is 8. The summed E-state index contributed by atoms with van der Waals surface area (Å²) in [7, 11) is 0. The van der Waals surface area contributed by atoms with Crippen molar-refractivity contribution in [1.82, 2.24) is 40.4 Å². The van der Waals surface area contributed by atoms with Crippen molar-refractivity contribution >= 4 is 0 Å². The maximum absolute atomic E-state index is 10.4. The van der Waals surface area contributed by atoms with Gasteiger partial charge < -0.3 is 10.2 Å². The second-order valence-corrected chi connectivity index (χ2v) is 6.22. The minimum Gasteiger partial charge on any atom is -0.382 e. The molecule has 0 amide bonds. The predicted molar refractivity (Wildman–Crippen MR) is 96.6 cm³/mol. The number of benzene rings is 2. The Morgan fingerprint density at radius 3 is 1.43 bits per heavy atom. The molecule has 2 atom stereocenters. The lowest BCUT2D eigenvalue weighted by Crippen LogP contribution is -2.14. The number of aliphatic hydroxyl groups excluding tert-OH is 2. The first-order valence-electron chi connectivity index (χ1n) is 8.68. The number of hydrogen-bond donors (Lipinski definition) is 2. The molecule has 2 aromatic carbocycles. The minimum absolute atomic E-state index is 0.0113. The van der Waals surface area contributed by atoms with Crippen LogP contribution in [0.4, 0.5) is 0 Å². The van der Waals surface area contributed by atoms with Gasteiger partial charge in [0.15, 0.2) is 12.2 Å². The van der Waals surface area contributed by atoms with E-state index in [1.807, 2.05) is 60.7 Å². The van der Waals surface area contributed by atoms with Crippen LogP contribution in [0.3, 0.4) is 0 Å². The summed E-state index contributed by atoms with van der Waals surface area (Å²) in [4.78, 5) is 2.70. The van der Waals surface area contributed by atoms with E-state index in [-0.39, 0.29) is 11.6 Å². The van der Waals surface area contributed by atoms with Crippen molar-refractivity contribution < 1.29 is 10.2 Å².